The van der Waals surface area contributed by atoms with Gasteiger partial charge in [0.1, 0.15) is 19.3 Å². The number of rotatable bonds is 2. The first-order chi connectivity index (χ1) is 8.74. The molecule has 1 fully saturated rings. The summed E-state index contributed by atoms with van der Waals surface area (Å²) in [5, 5.41) is 12.0. The lowest BCUT2D eigenvalue weighted by atomic mass is 10.2. The lowest BCUT2D eigenvalue weighted by Gasteiger charge is -2.20. The van der Waals surface area contributed by atoms with Crippen molar-refractivity contribution in [2.45, 2.75) is 11.4 Å². The van der Waals surface area contributed by atoms with Crippen molar-refractivity contribution in [3.63, 3.8) is 0 Å². The molecule has 1 aromatic carbocycles. The second-order valence-corrected chi connectivity index (χ2v) is 5.31. The van der Waals surface area contributed by atoms with Gasteiger partial charge in [-0.1, -0.05) is 6.07 Å². The molecule has 0 bridgehead atoms. The third kappa shape index (κ3) is 2.13. The fourth-order valence-electron chi connectivity index (χ4n) is 2.03. The van der Waals surface area contributed by atoms with Crippen LogP contribution in [0.2, 0.25) is 0 Å². The molecule has 0 aliphatic carbocycles. The highest BCUT2D eigenvalue weighted by molar-refractivity contribution is 7.99. The van der Waals surface area contributed by atoms with Crippen LogP contribution in [0.4, 0.5) is 0 Å². The lowest BCUT2D eigenvalue weighted by Crippen LogP contribution is -2.33. The zero-order valence-electron chi connectivity index (χ0n) is 9.59. The predicted octanol–water partition coefficient (Wildman–Crippen LogP) is 1.25. The number of ether oxygens (including phenoxy) is 2. The third-order valence-electron chi connectivity index (χ3n) is 2.95. The summed E-state index contributed by atoms with van der Waals surface area (Å²) >= 11 is 1.59. The topological polar surface area (TPSA) is 67.8 Å². The molecule has 18 heavy (non-hydrogen) atoms. The largest absolute Gasteiger partial charge is 0.486 e. The van der Waals surface area contributed by atoms with Crippen molar-refractivity contribution < 1.29 is 19.4 Å². The van der Waals surface area contributed by atoms with Gasteiger partial charge in [-0.3, -0.25) is 10.1 Å². The Morgan fingerprint density at radius 1 is 1.33 bits per heavy atom. The highest BCUT2D eigenvalue weighted by Crippen LogP contribution is 2.38. The molecule has 2 heterocycles. The summed E-state index contributed by atoms with van der Waals surface area (Å²) in [6, 6.07) is 5.26. The van der Waals surface area contributed by atoms with E-state index in [1.165, 1.54) is 0 Å². The van der Waals surface area contributed by atoms with Gasteiger partial charge >= 0.3 is 5.97 Å². The van der Waals surface area contributed by atoms with Crippen LogP contribution in [0.3, 0.4) is 0 Å². The second kappa shape index (κ2) is 4.70. The molecule has 6 heteroatoms. The average molecular weight is 267 g/mol. The van der Waals surface area contributed by atoms with Gasteiger partial charge in [0.25, 0.3) is 0 Å². The molecular weight excluding hydrogens is 254 g/mol. The number of benzene rings is 1. The lowest BCUT2D eigenvalue weighted by molar-refractivity contribution is -0.138. The summed E-state index contributed by atoms with van der Waals surface area (Å²) in [6.45, 7) is 1.13. The fourth-order valence-corrected chi connectivity index (χ4v) is 3.25. The van der Waals surface area contributed by atoms with Crippen LogP contribution < -0.4 is 14.8 Å². The molecule has 0 unspecified atom stereocenters. The molecule has 3 rings (SSSR count). The van der Waals surface area contributed by atoms with Crippen LogP contribution in [0.15, 0.2) is 18.2 Å². The first-order valence-corrected chi connectivity index (χ1v) is 6.79. The number of carboxylic acid groups (broad SMARTS) is 1. The Balaban J connectivity index is 1.79. The molecule has 1 saturated heterocycles. The van der Waals surface area contributed by atoms with E-state index in [2.05, 4.69) is 5.32 Å². The number of fused-ring (bicyclic) bond motifs is 1. The Morgan fingerprint density at radius 3 is 2.83 bits per heavy atom. The van der Waals surface area contributed by atoms with Gasteiger partial charge in [-0.05, 0) is 17.7 Å². The van der Waals surface area contributed by atoms with E-state index in [1.54, 1.807) is 11.8 Å². The maximum Gasteiger partial charge on any atom is 0.321 e. The number of aliphatic carboxylic acids is 1. The quantitative estimate of drug-likeness (QED) is 0.840. The summed E-state index contributed by atoms with van der Waals surface area (Å²) in [6.07, 6.45) is 0. The minimum Gasteiger partial charge on any atom is -0.486 e. The van der Waals surface area contributed by atoms with Gasteiger partial charge in [-0.25, -0.2) is 0 Å². The van der Waals surface area contributed by atoms with Gasteiger partial charge < -0.3 is 14.6 Å². The fraction of sp³-hybridized carbons (Fsp3) is 0.417. The molecule has 5 nitrogen and oxygen atoms in total. The summed E-state index contributed by atoms with van der Waals surface area (Å²) in [5.41, 5.74) is 1.02. The van der Waals surface area contributed by atoms with Crippen molar-refractivity contribution in [3.8, 4) is 11.5 Å². The minimum atomic E-state index is -0.803. The Hall–Kier alpha value is -1.40. The predicted molar refractivity (Wildman–Crippen MR) is 67.2 cm³/mol. The van der Waals surface area contributed by atoms with E-state index in [9.17, 15) is 4.79 Å². The van der Waals surface area contributed by atoms with Crippen molar-refractivity contribution in [1.82, 2.24) is 5.32 Å². The number of carbonyl (C=O) groups is 1. The highest BCUT2D eigenvalue weighted by Gasteiger charge is 2.30. The number of thioether (sulfide) groups is 1. The Morgan fingerprint density at radius 2 is 2.11 bits per heavy atom. The van der Waals surface area contributed by atoms with Crippen LogP contribution in [-0.4, -0.2) is 36.1 Å². The molecule has 0 amide bonds. The number of hydrogen-bond donors (Lipinski definition) is 2. The van der Waals surface area contributed by atoms with Gasteiger partial charge in [-0.2, -0.15) is 0 Å². The molecule has 96 valence electrons. The molecule has 2 atom stereocenters. The monoisotopic (exact) mass is 267 g/mol. The van der Waals surface area contributed by atoms with Gasteiger partial charge in [0.15, 0.2) is 11.5 Å². The van der Waals surface area contributed by atoms with E-state index in [4.69, 9.17) is 14.6 Å². The highest BCUT2D eigenvalue weighted by atomic mass is 32.2. The second-order valence-electron chi connectivity index (χ2n) is 4.17. The zero-order chi connectivity index (χ0) is 12.5. The van der Waals surface area contributed by atoms with Crippen molar-refractivity contribution in [2.75, 3.05) is 19.0 Å². The molecule has 2 aliphatic heterocycles. The molecular formula is C12H13NO4S. The van der Waals surface area contributed by atoms with Gasteiger partial charge in [0, 0.05) is 5.75 Å². The van der Waals surface area contributed by atoms with E-state index in [0.29, 0.717) is 19.0 Å². The van der Waals surface area contributed by atoms with Crippen LogP contribution in [0.5, 0.6) is 11.5 Å². The summed E-state index contributed by atoms with van der Waals surface area (Å²) in [7, 11) is 0. The molecule has 0 radical (unpaired) electrons. The van der Waals surface area contributed by atoms with E-state index in [0.717, 1.165) is 17.1 Å². The SMILES string of the molecule is O=C(O)[C@H]1CS[C@H](c2ccc3c(c2)OCCO3)N1. The molecule has 2 N–H and O–H groups in total. The molecule has 2 aliphatic rings. The van der Waals surface area contributed by atoms with Crippen LogP contribution in [-0.2, 0) is 4.79 Å². The minimum absolute atomic E-state index is 0.00178. The number of carboxylic acids is 1. The maximum absolute atomic E-state index is 10.9. The average Bonchev–Trinajstić information content (AvgIpc) is 2.88. The van der Waals surface area contributed by atoms with Crippen molar-refractivity contribution in [1.29, 1.82) is 0 Å². The third-order valence-corrected chi connectivity index (χ3v) is 4.22. The summed E-state index contributed by atoms with van der Waals surface area (Å²) < 4.78 is 11.0. The molecule has 0 spiro atoms. The molecule has 1 aromatic rings. The van der Waals surface area contributed by atoms with E-state index < -0.39 is 12.0 Å². The van der Waals surface area contributed by atoms with Gasteiger partial charge in [0.2, 0.25) is 0 Å². The van der Waals surface area contributed by atoms with Crippen molar-refractivity contribution in [3.05, 3.63) is 23.8 Å². The smallest absolute Gasteiger partial charge is 0.321 e. The maximum atomic E-state index is 10.9. The van der Waals surface area contributed by atoms with E-state index in [1.807, 2.05) is 18.2 Å². The normalized spacial score (nSPS) is 26.0. The summed E-state index contributed by atoms with van der Waals surface area (Å²) in [5.74, 6) is 1.26. The Bertz CT molecular complexity index is 479. The van der Waals surface area contributed by atoms with E-state index >= 15 is 0 Å². The van der Waals surface area contributed by atoms with Gasteiger partial charge in [0.05, 0.1) is 5.37 Å². The van der Waals surface area contributed by atoms with Crippen LogP contribution in [0.25, 0.3) is 0 Å². The summed E-state index contributed by atoms with van der Waals surface area (Å²) in [4.78, 5) is 10.9. The van der Waals surface area contributed by atoms with Crippen LogP contribution in [0.1, 0.15) is 10.9 Å². The zero-order valence-corrected chi connectivity index (χ0v) is 10.4. The first kappa shape index (κ1) is 11.7. The van der Waals surface area contributed by atoms with Crippen molar-refractivity contribution in [2.24, 2.45) is 0 Å². The standard InChI is InChI=1S/C12H13NO4S/c14-12(15)8-6-18-11(13-8)7-1-2-9-10(5-7)17-4-3-16-9/h1-2,5,8,11,13H,3-4,6H2,(H,14,15)/t8-,11-/m1/s1. The number of nitrogens with one attached hydrogen (secondary N) is 1. The molecule has 0 saturated carbocycles. The first-order valence-electron chi connectivity index (χ1n) is 5.74. The van der Waals surface area contributed by atoms with Crippen molar-refractivity contribution >= 4 is 17.7 Å². The van der Waals surface area contributed by atoms with E-state index in [-0.39, 0.29) is 5.37 Å². The van der Waals surface area contributed by atoms with Gasteiger partial charge in [-0.15, -0.1) is 11.8 Å². The molecule has 0 aromatic heterocycles. The Kier molecular flexibility index (Phi) is 3.05. The Labute approximate surface area is 108 Å². The van der Waals surface area contributed by atoms with Crippen LogP contribution in [0, 0.1) is 0 Å². The number of hydrogen-bond acceptors (Lipinski definition) is 5. The van der Waals surface area contributed by atoms with Crippen LogP contribution >= 0.6 is 11.8 Å².